The standard InChI is InChI=1S/C17H22N2O4/c1-16(2,3)23-15(21)19-8-7-17(10-19)12-9-11(22-4)5-6-13(12)18-14(17)20/h5-6,9H,7-8,10H2,1-4H3,(H,18,20)/t17-/m0/s1. The number of methoxy groups -OCH3 is 1. The molecule has 0 aromatic heterocycles. The van der Waals surface area contributed by atoms with Gasteiger partial charge >= 0.3 is 6.09 Å². The highest BCUT2D eigenvalue weighted by molar-refractivity contribution is 6.07. The van der Waals surface area contributed by atoms with E-state index in [0.717, 1.165) is 11.3 Å². The first-order valence-corrected chi connectivity index (χ1v) is 7.73. The summed E-state index contributed by atoms with van der Waals surface area (Å²) in [6.45, 7) is 6.32. The SMILES string of the molecule is COc1ccc2c(c1)[C@@]1(CCN(C(=O)OC(C)(C)C)C1)C(=O)N2. The lowest BCUT2D eigenvalue weighted by atomic mass is 9.81. The number of hydrogen-bond acceptors (Lipinski definition) is 4. The molecule has 0 radical (unpaired) electrons. The van der Waals surface area contributed by atoms with Crippen molar-refractivity contribution in [2.75, 3.05) is 25.5 Å². The maximum atomic E-state index is 12.6. The zero-order chi connectivity index (χ0) is 16.8. The third kappa shape index (κ3) is 2.62. The highest BCUT2D eigenvalue weighted by Gasteiger charge is 2.52. The van der Waals surface area contributed by atoms with E-state index in [-0.39, 0.29) is 12.0 Å². The molecule has 2 aliphatic rings. The van der Waals surface area contributed by atoms with Crippen molar-refractivity contribution in [3.63, 3.8) is 0 Å². The van der Waals surface area contributed by atoms with Gasteiger partial charge in [0, 0.05) is 18.8 Å². The fraction of sp³-hybridized carbons (Fsp3) is 0.529. The predicted octanol–water partition coefficient (Wildman–Crippen LogP) is 2.53. The van der Waals surface area contributed by atoms with Crippen LogP contribution in [0.4, 0.5) is 10.5 Å². The molecule has 6 nitrogen and oxygen atoms in total. The summed E-state index contributed by atoms with van der Waals surface area (Å²) in [6.07, 6.45) is 0.205. The van der Waals surface area contributed by atoms with Crippen molar-refractivity contribution >= 4 is 17.7 Å². The van der Waals surface area contributed by atoms with Crippen molar-refractivity contribution < 1.29 is 19.1 Å². The van der Waals surface area contributed by atoms with Gasteiger partial charge in [-0.2, -0.15) is 0 Å². The molecule has 3 rings (SSSR count). The number of nitrogens with zero attached hydrogens (tertiary/aromatic N) is 1. The average Bonchev–Trinajstić information content (AvgIpc) is 3.02. The third-order valence-corrected chi connectivity index (χ3v) is 4.35. The molecule has 2 aliphatic heterocycles. The van der Waals surface area contributed by atoms with Crippen molar-refractivity contribution in [2.24, 2.45) is 0 Å². The van der Waals surface area contributed by atoms with Gasteiger partial charge in [0.25, 0.3) is 0 Å². The molecule has 124 valence electrons. The van der Waals surface area contributed by atoms with Crippen molar-refractivity contribution in [1.29, 1.82) is 0 Å². The van der Waals surface area contributed by atoms with E-state index in [1.807, 2.05) is 39.0 Å². The van der Waals surface area contributed by atoms with E-state index in [2.05, 4.69) is 5.32 Å². The van der Waals surface area contributed by atoms with Gasteiger partial charge in [-0.25, -0.2) is 4.79 Å². The maximum Gasteiger partial charge on any atom is 0.410 e. The zero-order valence-corrected chi connectivity index (χ0v) is 13.9. The number of hydrogen-bond donors (Lipinski definition) is 1. The second kappa shape index (κ2) is 5.15. The Hall–Kier alpha value is -2.24. The highest BCUT2D eigenvalue weighted by Crippen LogP contribution is 2.45. The minimum atomic E-state index is -0.708. The Kier molecular flexibility index (Phi) is 3.50. The summed E-state index contributed by atoms with van der Waals surface area (Å²) in [7, 11) is 1.60. The fourth-order valence-corrected chi connectivity index (χ4v) is 3.22. The lowest BCUT2D eigenvalue weighted by Crippen LogP contribution is -2.41. The first-order valence-electron chi connectivity index (χ1n) is 7.73. The number of rotatable bonds is 1. The Labute approximate surface area is 135 Å². The average molecular weight is 318 g/mol. The van der Waals surface area contributed by atoms with Gasteiger partial charge in [-0.15, -0.1) is 0 Å². The molecule has 0 aliphatic carbocycles. The number of carbonyl (C=O) groups excluding carboxylic acids is 2. The number of likely N-dealkylation sites (tertiary alicyclic amines) is 1. The second-order valence-corrected chi connectivity index (χ2v) is 7.10. The van der Waals surface area contributed by atoms with Crippen LogP contribution in [-0.2, 0) is 14.9 Å². The summed E-state index contributed by atoms with van der Waals surface area (Å²) in [5.74, 6) is 0.641. The summed E-state index contributed by atoms with van der Waals surface area (Å²) in [6, 6.07) is 5.54. The molecule has 2 heterocycles. The largest absolute Gasteiger partial charge is 0.497 e. The van der Waals surface area contributed by atoms with Crippen LogP contribution in [0.1, 0.15) is 32.8 Å². The molecule has 0 bridgehead atoms. The van der Waals surface area contributed by atoms with Crippen LogP contribution in [0, 0.1) is 0 Å². The summed E-state index contributed by atoms with van der Waals surface area (Å²) < 4.78 is 10.7. The van der Waals surface area contributed by atoms with Crippen molar-refractivity contribution in [2.45, 2.75) is 38.2 Å². The molecular formula is C17H22N2O4. The summed E-state index contributed by atoms with van der Waals surface area (Å²) in [5, 5.41) is 2.92. The van der Waals surface area contributed by atoms with Gasteiger partial charge in [0.15, 0.2) is 0 Å². The molecule has 1 fully saturated rings. The van der Waals surface area contributed by atoms with Crippen LogP contribution in [-0.4, -0.2) is 42.7 Å². The Morgan fingerprint density at radius 1 is 1.35 bits per heavy atom. The molecule has 6 heteroatoms. The Bertz CT molecular complexity index is 665. The van der Waals surface area contributed by atoms with E-state index in [4.69, 9.17) is 9.47 Å². The Balaban J connectivity index is 1.87. The lowest BCUT2D eigenvalue weighted by molar-refractivity contribution is -0.120. The van der Waals surface area contributed by atoms with Gasteiger partial charge in [-0.05, 0) is 51.0 Å². The van der Waals surface area contributed by atoms with E-state index < -0.39 is 11.0 Å². The summed E-state index contributed by atoms with van der Waals surface area (Å²) in [5.41, 5.74) is 0.432. The van der Waals surface area contributed by atoms with Gasteiger partial charge < -0.3 is 19.7 Å². The Morgan fingerprint density at radius 3 is 2.74 bits per heavy atom. The third-order valence-electron chi connectivity index (χ3n) is 4.35. The number of benzene rings is 1. The van der Waals surface area contributed by atoms with Crippen LogP contribution in [0.5, 0.6) is 5.75 Å². The smallest absolute Gasteiger partial charge is 0.410 e. The van der Waals surface area contributed by atoms with E-state index >= 15 is 0 Å². The van der Waals surface area contributed by atoms with E-state index in [1.54, 1.807) is 12.0 Å². The van der Waals surface area contributed by atoms with Gasteiger partial charge in [-0.3, -0.25) is 4.79 Å². The molecule has 1 aromatic carbocycles. The number of fused-ring (bicyclic) bond motifs is 2. The number of nitrogens with one attached hydrogen (secondary N) is 1. The van der Waals surface area contributed by atoms with Crippen LogP contribution in [0.25, 0.3) is 0 Å². The molecule has 1 aromatic rings. The number of ether oxygens (including phenoxy) is 2. The minimum absolute atomic E-state index is 0.0631. The molecule has 0 saturated carbocycles. The van der Waals surface area contributed by atoms with E-state index in [0.29, 0.717) is 25.3 Å². The highest BCUT2D eigenvalue weighted by atomic mass is 16.6. The van der Waals surface area contributed by atoms with Crippen LogP contribution in [0.3, 0.4) is 0 Å². The van der Waals surface area contributed by atoms with Gasteiger partial charge in [-0.1, -0.05) is 0 Å². The van der Waals surface area contributed by atoms with Gasteiger partial charge in [0.05, 0.1) is 12.5 Å². The van der Waals surface area contributed by atoms with Crippen LogP contribution in [0.2, 0.25) is 0 Å². The quantitative estimate of drug-likeness (QED) is 0.864. The first kappa shape index (κ1) is 15.6. The van der Waals surface area contributed by atoms with Crippen molar-refractivity contribution in [3.05, 3.63) is 23.8 Å². The first-order chi connectivity index (χ1) is 10.7. The van der Waals surface area contributed by atoms with Gasteiger partial charge in [0.2, 0.25) is 5.91 Å². The summed E-state index contributed by atoms with van der Waals surface area (Å²) >= 11 is 0. The molecule has 2 amide bonds. The number of anilines is 1. The number of carbonyl (C=O) groups is 2. The number of amides is 2. The zero-order valence-electron chi connectivity index (χ0n) is 13.9. The Morgan fingerprint density at radius 2 is 2.09 bits per heavy atom. The molecular weight excluding hydrogens is 296 g/mol. The fourth-order valence-electron chi connectivity index (χ4n) is 3.22. The molecule has 0 unspecified atom stereocenters. The maximum absolute atomic E-state index is 12.6. The van der Waals surface area contributed by atoms with E-state index in [1.165, 1.54) is 0 Å². The monoisotopic (exact) mass is 318 g/mol. The molecule has 1 N–H and O–H groups in total. The lowest BCUT2D eigenvalue weighted by Gasteiger charge is -2.26. The molecule has 1 spiro atoms. The minimum Gasteiger partial charge on any atom is -0.497 e. The van der Waals surface area contributed by atoms with Gasteiger partial charge in [0.1, 0.15) is 11.4 Å². The van der Waals surface area contributed by atoms with Crippen molar-refractivity contribution in [1.82, 2.24) is 4.90 Å². The topological polar surface area (TPSA) is 67.9 Å². The van der Waals surface area contributed by atoms with Crippen LogP contribution >= 0.6 is 0 Å². The normalized spacial score (nSPS) is 23.0. The predicted molar refractivity (Wildman–Crippen MR) is 85.7 cm³/mol. The molecule has 1 saturated heterocycles. The van der Waals surface area contributed by atoms with Crippen LogP contribution < -0.4 is 10.1 Å². The molecule has 23 heavy (non-hydrogen) atoms. The van der Waals surface area contributed by atoms with Crippen molar-refractivity contribution in [3.8, 4) is 5.75 Å². The van der Waals surface area contributed by atoms with E-state index in [9.17, 15) is 9.59 Å². The molecule has 1 atom stereocenters. The second-order valence-electron chi connectivity index (χ2n) is 7.10. The summed E-state index contributed by atoms with van der Waals surface area (Å²) in [4.78, 5) is 26.5. The van der Waals surface area contributed by atoms with Crippen LogP contribution in [0.15, 0.2) is 18.2 Å².